The Morgan fingerprint density at radius 3 is 1.92 bits per heavy atom. The molecule has 0 bridgehead atoms. The van der Waals surface area contributed by atoms with Crippen LogP contribution in [0.4, 0.5) is 0 Å². The number of nitrogens with two attached hydrogens (primary N) is 1. The minimum Gasteiger partial charge on any atom is -0.398 e. The molecule has 0 aromatic carbocycles. The van der Waals surface area contributed by atoms with E-state index in [0.29, 0.717) is 5.92 Å². The summed E-state index contributed by atoms with van der Waals surface area (Å²) in [5.41, 5.74) is 10.3. The number of hydrogen-bond donors (Lipinski definition) is 1. The van der Waals surface area contributed by atoms with Gasteiger partial charge in [0.2, 0.25) is 0 Å². The Morgan fingerprint density at radius 2 is 1.69 bits per heavy atom. The predicted octanol–water partition coefficient (Wildman–Crippen LogP) is 3.40. The van der Waals surface area contributed by atoms with E-state index in [9.17, 15) is 0 Å². The molecule has 1 nitrogen and oxygen atoms in total. The van der Waals surface area contributed by atoms with Gasteiger partial charge < -0.3 is 5.73 Å². The molecule has 13 heavy (non-hydrogen) atoms. The minimum absolute atomic E-state index is 0.438. The van der Waals surface area contributed by atoms with E-state index in [-0.39, 0.29) is 0 Å². The van der Waals surface area contributed by atoms with Gasteiger partial charge in [-0.3, -0.25) is 0 Å². The summed E-state index contributed by atoms with van der Waals surface area (Å²) < 4.78 is 0. The molecule has 0 unspecified atom stereocenters. The number of allylic oxidation sites excluding steroid dienone is 4. The van der Waals surface area contributed by atoms with E-state index < -0.39 is 0 Å². The lowest BCUT2D eigenvalue weighted by Crippen LogP contribution is -2.06. The van der Waals surface area contributed by atoms with Gasteiger partial charge in [0.05, 0.1) is 0 Å². The highest BCUT2D eigenvalue weighted by atomic mass is 14.6. The molecular weight excluding hydrogens is 158 g/mol. The van der Waals surface area contributed by atoms with Crippen molar-refractivity contribution in [3.05, 3.63) is 35.1 Å². The highest BCUT2D eigenvalue weighted by molar-refractivity contribution is 5.37. The van der Waals surface area contributed by atoms with Crippen LogP contribution in [0.15, 0.2) is 35.1 Å². The second kappa shape index (κ2) is 4.90. The molecule has 0 aromatic heterocycles. The van der Waals surface area contributed by atoms with Crippen molar-refractivity contribution in [2.75, 3.05) is 0 Å². The summed E-state index contributed by atoms with van der Waals surface area (Å²) in [6.45, 7) is 14.3. The number of hydrogen-bond acceptors (Lipinski definition) is 1. The Morgan fingerprint density at radius 1 is 1.23 bits per heavy atom. The smallest absolute Gasteiger partial charge is 0.0350 e. The van der Waals surface area contributed by atoms with Crippen molar-refractivity contribution in [1.82, 2.24) is 0 Å². The van der Waals surface area contributed by atoms with Gasteiger partial charge in [0.15, 0.2) is 0 Å². The lowest BCUT2D eigenvalue weighted by molar-refractivity contribution is 0.768. The third-order valence-electron chi connectivity index (χ3n) is 1.79. The second-order valence-electron chi connectivity index (χ2n) is 4.03. The van der Waals surface area contributed by atoms with Gasteiger partial charge in [-0.25, -0.2) is 0 Å². The molecular formula is C12H21N. The van der Waals surface area contributed by atoms with Crippen LogP contribution in [0.5, 0.6) is 0 Å². The van der Waals surface area contributed by atoms with Gasteiger partial charge in [-0.2, -0.15) is 0 Å². The van der Waals surface area contributed by atoms with Crippen LogP contribution in [0.1, 0.15) is 34.6 Å². The average molecular weight is 179 g/mol. The topological polar surface area (TPSA) is 26.0 Å². The summed E-state index contributed by atoms with van der Waals surface area (Å²) in [5, 5.41) is 0. The van der Waals surface area contributed by atoms with E-state index in [1.165, 1.54) is 11.1 Å². The summed E-state index contributed by atoms with van der Waals surface area (Å²) in [6.07, 6.45) is 2.00. The predicted molar refractivity (Wildman–Crippen MR) is 60.3 cm³/mol. The molecule has 0 aromatic rings. The summed E-state index contributed by atoms with van der Waals surface area (Å²) in [7, 11) is 0. The second-order valence-corrected chi connectivity index (χ2v) is 4.03. The van der Waals surface area contributed by atoms with Crippen LogP contribution < -0.4 is 5.73 Å². The standard InChI is InChI=1S/C12H21N/c1-8(2)7-11(13)12(9(3)4)10(5)6/h7,10H,3,13H2,1-2,4-6H3/b12-11-. The Balaban J connectivity index is 5.10. The Kier molecular flexibility index (Phi) is 4.53. The zero-order chi connectivity index (χ0) is 10.6. The van der Waals surface area contributed by atoms with E-state index in [0.717, 1.165) is 11.3 Å². The van der Waals surface area contributed by atoms with Crippen LogP contribution >= 0.6 is 0 Å². The van der Waals surface area contributed by atoms with Crippen molar-refractivity contribution in [2.24, 2.45) is 11.7 Å². The molecule has 0 heterocycles. The lowest BCUT2D eigenvalue weighted by atomic mass is 9.94. The average Bonchev–Trinajstić information content (AvgIpc) is 1.81. The Labute approximate surface area is 82.0 Å². The maximum absolute atomic E-state index is 5.96. The van der Waals surface area contributed by atoms with Crippen LogP contribution in [0.3, 0.4) is 0 Å². The first-order valence-electron chi connectivity index (χ1n) is 4.66. The van der Waals surface area contributed by atoms with Crippen LogP contribution in [0.25, 0.3) is 0 Å². The molecule has 0 aliphatic rings. The minimum atomic E-state index is 0.438. The SMILES string of the molecule is C=C(C)/C(=C(/N)C=C(C)C)C(C)C. The normalized spacial score (nSPS) is 12.5. The number of rotatable bonds is 3. The quantitative estimate of drug-likeness (QED) is 0.660. The summed E-state index contributed by atoms with van der Waals surface area (Å²) >= 11 is 0. The molecule has 74 valence electrons. The lowest BCUT2D eigenvalue weighted by Gasteiger charge is -2.13. The van der Waals surface area contributed by atoms with Crippen molar-refractivity contribution in [2.45, 2.75) is 34.6 Å². The van der Waals surface area contributed by atoms with Gasteiger partial charge in [0.1, 0.15) is 0 Å². The summed E-state index contributed by atoms with van der Waals surface area (Å²) in [6, 6.07) is 0. The molecule has 0 spiro atoms. The first-order valence-corrected chi connectivity index (χ1v) is 4.66. The van der Waals surface area contributed by atoms with Crippen LogP contribution in [0.2, 0.25) is 0 Å². The molecule has 0 aliphatic carbocycles. The maximum Gasteiger partial charge on any atom is 0.0350 e. The molecule has 0 atom stereocenters. The fourth-order valence-corrected chi connectivity index (χ4v) is 1.46. The van der Waals surface area contributed by atoms with Gasteiger partial charge in [-0.15, -0.1) is 0 Å². The van der Waals surface area contributed by atoms with Crippen molar-refractivity contribution >= 4 is 0 Å². The van der Waals surface area contributed by atoms with E-state index >= 15 is 0 Å². The highest BCUT2D eigenvalue weighted by Crippen LogP contribution is 2.20. The first kappa shape index (κ1) is 12.0. The monoisotopic (exact) mass is 179 g/mol. The third-order valence-corrected chi connectivity index (χ3v) is 1.79. The molecule has 0 fully saturated rings. The van der Waals surface area contributed by atoms with Gasteiger partial charge in [0.25, 0.3) is 0 Å². The van der Waals surface area contributed by atoms with E-state index in [4.69, 9.17) is 5.73 Å². The van der Waals surface area contributed by atoms with Gasteiger partial charge in [0, 0.05) is 5.70 Å². The molecule has 0 saturated heterocycles. The third kappa shape index (κ3) is 3.97. The largest absolute Gasteiger partial charge is 0.398 e. The highest BCUT2D eigenvalue weighted by Gasteiger charge is 2.07. The molecule has 0 amide bonds. The van der Waals surface area contributed by atoms with Crippen molar-refractivity contribution in [3.63, 3.8) is 0 Å². The molecule has 2 N–H and O–H groups in total. The van der Waals surface area contributed by atoms with E-state index in [1.807, 2.05) is 26.8 Å². The molecule has 0 radical (unpaired) electrons. The van der Waals surface area contributed by atoms with Crippen LogP contribution in [-0.4, -0.2) is 0 Å². The Hall–Kier alpha value is -0.980. The van der Waals surface area contributed by atoms with Gasteiger partial charge >= 0.3 is 0 Å². The molecule has 1 heteroatoms. The zero-order valence-corrected chi connectivity index (χ0v) is 9.44. The van der Waals surface area contributed by atoms with Crippen molar-refractivity contribution in [3.8, 4) is 0 Å². The van der Waals surface area contributed by atoms with Crippen LogP contribution in [-0.2, 0) is 0 Å². The fourth-order valence-electron chi connectivity index (χ4n) is 1.46. The van der Waals surface area contributed by atoms with Gasteiger partial charge in [-0.1, -0.05) is 31.6 Å². The summed E-state index contributed by atoms with van der Waals surface area (Å²) in [5.74, 6) is 0.438. The molecule has 0 rings (SSSR count). The maximum atomic E-state index is 5.96. The Bertz CT molecular complexity index is 250. The van der Waals surface area contributed by atoms with Crippen molar-refractivity contribution < 1.29 is 0 Å². The summed E-state index contributed by atoms with van der Waals surface area (Å²) in [4.78, 5) is 0. The van der Waals surface area contributed by atoms with Crippen molar-refractivity contribution in [1.29, 1.82) is 0 Å². The molecule has 0 aliphatic heterocycles. The molecule has 0 saturated carbocycles. The van der Waals surface area contributed by atoms with E-state index in [1.54, 1.807) is 0 Å². The fraction of sp³-hybridized carbons (Fsp3) is 0.500. The van der Waals surface area contributed by atoms with Crippen LogP contribution in [0, 0.1) is 5.92 Å². The zero-order valence-electron chi connectivity index (χ0n) is 9.44. The van der Waals surface area contributed by atoms with Gasteiger partial charge in [-0.05, 0) is 38.3 Å². The first-order chi connectivity index (χ1) is 5.86. The van der Waals surface area contributed by atoms with E-state index in [2.05, 4.69) is 20.4 Å².